The van der Waals surface area contributed by atoms with E-state index in [1.165, 1.54) is 0 Å². The Bertz CT molecular complexity index is 743. The Hall–Kier alpha value is -2.36. The average Bonchev–Trinajstić information content (AvgIpc) is 2.69. The highest BCUT2D eigenvalue weighted by atomic mass is 15.3. The first-order valence-electron chi connectivity index (χ1n) is 6.27. The summed E-state index contributed by atoms with van der Waals surface area (Å²) in [5.74, 6) is 0.884. The van der Waals surface area contributed by atoms with Gasteiger partial charge in [0, 0.05) is 18.6 Å². The van der Waals surface area contributed by atoms with E-state index in [1.54, 1.807) is 4.68 Å². The van der Waals surface area contributed by atoms with E-state index >= 15 is 0 Å². The molecule has 96 valence electrons. The molecule has 0 aliphatic carbocycles. The smallest absolute Gasteiger partial charge is 0.134 e. The van der Waals surface area contributed by atoms with Crippen molar-refractivity contribution in [3.05, 3.63) is 47.8 Å². The van der Waals surface area contributed by atoms with Gasteiger partial charge in [0.2, 0.25) is 0 Å². The van der Waals surface area contributed by atoms with E-state index in [0.717, 1.165) is 33.7 Å². The maximum Gasteiger partial charge on any atom is 0.134 e. The molecule has 19 heavy (non-hydrogen) atoms. The van der Waals surface area contributed by atoms with Gasteiger partial charge in [-0.1, -0.05) is 18.2 Å². The summed E-state index contributed by atoms with van der Waals surface area (Å²) in [4.78, 5) is 4.67. The fourth-order valence-electron chi connectivity index (χ4n) is 2.20. The first-order chi connectivity index (χ1) is 9.13. The van der Waals surface area contributed by atoms with Crippen LogP contribution in [0.15, 0.2) is 36.5 Å². The second kappa shape index (κ2) is 4.39. The van der Waals surface area contributed by atoms with Gasteiger partial charge in [-0.05, 0) is 31.5 Å². The minimum Gasteiger partial charge on any atom is -0.337 e. The number of para-hydroxylation sites is 1. The molecule has 0 atom stereocenters. The van der Waals surface area contributed by atoms with Crippen LogP contribution in [0.5, 0.6) is 0 Å². The molecule has 3 aromatic rings. The van der Waals surface area contributed by atoms with Crippen molar-refractivity contribution >= 4 is 22.4 Å². The molecular weight excluding hydrogens is 236 g/mol. The van der Waals surface area contributed by atoms with Gasteiger partial charge in [-0.15, -0.1) is 0 Å². The molecule has 2 heterocycles. The molecule has 0 fully saturated rings. The molecule has 0 spiro atoms. The van der Waals surface area contributed by atoms with Gasteiger partial charge < -0.3 is 5.32 Å². The third kappa shape index (κ3) is 2.17. The molecule has 1 N–H and O–H groups in total. The predicted octanol–water partition coefficient (Wildman–Crippen LogP) is 3.33. The van der Waals surface area contributed by atoms with E-state index in [9.17, 15) is 0 Å². The summed E-state index contributed by atoms with van der Waals surface area (Å²) < 4.78 is 1.80. The number of nitrogens with zero attached hydrogens (tertiary/aromatic N) is 3. The van der Waals surface area contributed by atoms with E-state index in [4.69, 9.17) is 0 Å². The van der Waals surface area contributed by atoms with Crippen LogP contribution in [0.3, 0.4) is 0 Å². The van der Waals surface area contributed by atoms with E-state index < -0.39 is 0 Å². The van der Waals surface area contributed by atoms with Gasteiger partial charge in [-0.25, -0.2) is 4.98 Å². The highest BCUT2D eigenvalue weighted by Gasteiger charge is 2.07. The molecule has 4 heteroatoms. The van der Waals surface area contributed by atoms with Crippen LogP contribution in [0.1, 0.15) is 11.3 Å². The van der Waals surface area contributed by atoms with Crippen molar-refractivity contribution < 1.29 is 0 Å². The van der Waals surface area contributed by atoms with Gasteiger partial charge in [0.1, 0.15) is 5.82 Å². The number of aryl methyl sites for hydroxylation is 3. The lowest BCUT2D eigenvalue weighted by Crippen LogP contribution is -1.97. The van der Waals surface area contributed by atoms with Crippen LogP contribution in [0.4, 0.5) is 11.5 Å². The number of hydrogen-bond donors (Lipinski definition) is 1. The summed E-state index contributed by atoms with van der Waals surface area (Å²) in [6, 6.07) is 10.3. The molecule has 0 radical (unpaired) electrons. The number of pyridine rings is 1. The zero-order valence-corrected chi connectivity index (χ0v) is 11.3. The van der Waals surface area contributed by atoms with E-state index in [-0.39, 0.29) is 0 Å². The Morgan fingerprint density at radius 3 is 2.68 bits per heavy atom. The lowest BCUT2D eigenvalue weighted by Gasteiger charge is -2.09. The fourth-order valence-corrected chi connectivity index (χ4v) is 2.20. The summed E-state index contributed by atoms with van der Waals surface area (Å²) in [5, 5.41) is 8.85. The van der Waals surface area contributed by atoms with Gasteiger partial charge in [0.05, 0.1) is 16.9 Å². The Kier molecular flexibility index (Phi) is 2.71. The summed E-state index contributed by atoms with van der Waals surface area (Å²) in [6.07, 6.45) is 1.96. The van der Waals surface area contributed by atoms with Crippen molar-refractivity contribution in [2.75, 3.05) is 5.32 Å². The first kappa shape index (κ1) is 11.7. The Labute approximate surface area is 112 Å². The zero-order valence-electron chi connectivity index (χ0n) is 11.3. The molecule has 1 aromatic carbocycles. The highest BCUT2D eigenvalue weighted by Crippen LogP contribution is 2.24. The third-order valence-electron chi connectivity index (χ3n) is 3.18. The molecule has 0 amide bonds. The van der Waals surface area contributed by atoms with E-state index in [2.05, 4.69) is 34.5 Å². The number of nitrogens with one attached hydrogen (secondary N) is 1. The average molecular weight is 252 g/mol. The Morgan fingerprint density at radius 1 is 1.16 bits per heavy atom. The van der Waals surface area contributed by atoms with Crippen molar-refractivity contribution in [1.29, 1.82) is 0 Å². The monoisotopic (exact) mass is 252 g/mol. The lowest BCUT2D eigenvalue weighted by molar-refractivity contribution is 0.756. The van der Waals surface area contributed by atoms with Gasteiger partial charge >= 0.3 is 0 Å². The first-order valence-corrected chi connectivity index (χ1v) is 6.27. The normalized spacial score (nSPS) is 10.9. The summed E-state index contributed by atoms with van der Waals surface area (Å²) in [7, 11) is 1.92. The third-order valence-corrected chi connectivity index (χ3v) is 3.18. The molecule has 3 rings (SSSR count). The highest BCUT2D eigenvalue weighted by molar-refractivity contribution is 5.82. The van der Waals surface area contributed by atoms with Crippen molar-refractivity contribution in [1.82, 2.24) is 14.8 Å². The van der Waals surface area contributed by atoms with Crippen molar-refractivity contribution in [3.63, 3.8) is 0 Å². The van der Waals surface area contributed by atoms with Gasteiger partial charge in [0.15, 0.2) is 0 Å². The molecule has 0 saturated heterocycles. The van der Waals surface area contributed by atoms with E-state index in [0.29, 0.717) is 0 Å². The number of anilines is 2. The molecule has 0 aliphatic rings. The van der Waals surface area contributed by atoms with Gasteiger partial charge in [0.25, 0.3) is 0 Å². The van der Waals surface area contributed by atoms with Crippen LogP contribution in [0.2, 0.25) is 0 Å². The Balaban J connectivity index is 2.05. The molecule has 0 unspecified atom stereocenters. The predicted molar refractivity (Wildman–Crippen MR) is 77.7 cm³/mol. The molecule has 2 aromatic heterocycles. The topological polar surface area (TPSA) is 42.7 Å². The van der Waals surface area contributed by atoms with Crippen molar-refractivity contribution in [2.24, 2.45) is 7.05 Å². The summed E-state index contributed by atoms with van der Waals surface area (Å²) in [5.41, 5.74) is 4.09. The van der Waals surface area contributed by atoms with E-state index in [1.807, 2.05) is 38.4 Å². The largest absolute Gasteiger partial charge is 0.337 e. The molecule has 0 aliphatic heterocycles. The second-order valence-corrected chi connectivity index (χ2v) is 4.77. The summed E-state index contributed by atoms with van der Waals surface area (Å²) in [6.45, 7) is 4.05. The van der Waals surface area contributed by atoms with Gasteiger partial charge in [-0.3, -0.25) is 4.68 Å². The van der Waals surface area contributed by atoms with Crippen LogP contribution in [0, 0.1) is 13.8 Å². The maximum absolute atomic E-state index is 4.67. The Morgan fingerprint density at radius 2 is 1.95 bits per heavy atom. The summed E-state index contributed by atoms with van der Waals surface area (Å²) >= 11 is 0. The number of rotatable bonds is 2. The fraction of sp³-hybridized carbons (Fsp3) is 0.200. The van der Waals surface area contributed by atoms with Crippen LogP contribution in [-0.2, 0) is 7.05 Å². The van der Waals surface area contributed by atoms with Gasteiger partial charge in [-0.2, -0.15) is 5.10 Å². The molecule has 4 nitrogen and oxygen atoms in total. The molecular formula is C15H16N4. The number of aromatic nitrogens is 3. The number of fused-ring (bicyclic) bond motifs is 1. The maximum atomic E-state index is 4.67. The van der Waals surface area contributed by atoms with Crippen molar-refractivity contribution in [2.45, 2.75) is 13.8 Å². The zero-order chi connectivity index (χ0) is 13.4. The van der Waals surface area contributed by atoms with Crippen LogP contribution < -0.4 is 5.32 Å². The minimum atomic E-state index is 0.884. The molecule has 0 saturated carbocycles. The standard InChI is InChI=1S/C15H16N4/c1-10-8-12-6-4-5-7-13(12)16-15(10)17-14-9-19(3)18-11(14)2/h4-9H,1-3H3,(H,16,17). The van der Waals surface area contributed by atoms with Crippen LogP contribution >= 0.6 is 0 Å². The number of benzene rings is 1. The quantitative estimate of drug-likeness (QED) is 0.760. The van der Waals surface area contributed by atoms with Crippen LogP contribution in [-0.4, -0.2) is 14.8 Å². The molecule has 0 bridgehead atoms. The van der Waals surface area contributed by atoms with Crippen molar-refractivity contribution in [3.8, 4) is 0 Å². The lowest BCUT2D eigenvalue weighted by atomic mass is 10.1. The minimum absolute atomic E-state index is 0.884. The second-order valence-electron chi connectivity index (χ2n) is 4.77. The SMILES string of the molecule is Cc1cc2ccccc2nc1Nc1cn(C)nc1C. The number of hydrogen-bond acceptors (Lipinski definition) is 3. The van der Waals surface area contributed by atoms with Crippen LogP contribution in [0.25, 0.3) is 10.9 Å².